The Balaban J connectivity index is 2.55. The summed E-state index contributed by atoms with van der Waals surface area (Å²) in [6.45, 7) is 3.29. The molecule has 7 heteroatoms. The molecule has 1 aromatic heterocycles. The van der Waals surface area contributed by atoms with E-state index in [1.54, 1.807) is 0 Å². The molecule has 1 aromatic rings. The van der Waals surface area contributed by atoms with E-state index in [2.05, 4.69) is 20.6 Å². The predicted octanol–water partition coefficient (Wildman–Crippen LogP) is -0.203. The van der Waals surface area contributed by atoms with Gasteiger partial charge in [-0.3, -0.25) is 24.7 Å². The van der Waals surface area contributed by atoms with Crippen molar-refractivity contribution in [2.75, 3.05) is 11.9 Å². The molecule has 0 saturated carbocycles. The topological polar surface area (TPSA) is 104 Å². The fraction of sp³-hybridized carbons (Fsp3) is 0.455. The number of carbonyl (C=O) groups excluding carboxylic acids is 2. The fourth-order valence-corrected chi connectivity index (χ4v) is 1.37. The van der Waals surface area contributed by atoms with Crippen molar-refractivity contribution in [2.45, 2.75) is 26.7 Å². The van der Waals surface area contributed by atoms with E-state index in [0.29, 0.717) is 24.9 Å². The summed E-state index contributed by atoms with van der Waals surface area (Å²) in [6.07, 6.45) is 2.60. The summed E-state index contributed by atoms with van der Waals surface area (Å²) >= 11 is 0. The van der Waals surface area contributed by atoms with E-state index in [0.717, 1.165) is 0 Å². The third-order valence-corrected chi connectivity index (χ3v) is 2.16. The average molecular weight is 252 g/mol. The molecule has 98 valence electrons. The first-order valence-electron chi connectivity index (χ1n) is 5.59. The molecule has 0 radical (unpaired) electrons. The van der Waals surface area contributed by atoms with E-state index in [1.807, 2.05) is 0 Å². The van der Waals surface area contributed by atoms with Crippen LogP contribution >= 0.6 is 0 Å². The van der Waals surface area contributed by atoms with Gasteiger partial charge in [0.25, 0.3) is 5.56 Å². The lowest BCUT2D eigenvalue weighted by Gasteiger charge is -2.04. The van der Waals surface area contributed by atoms with Crippen LogP contribution < -0.4 is 16.2 Å². The van der Waals surface area contributed by atoms with Crippen molar-refractivity contribution >= 4 is 17.8 Å². The van der Waals surface area contributed by atoms with Crippen LogP contribution in [0.5, 0.6) is 0 Å². The Bertz CT molecular complexity index is 495. The maximum absolute atomic E-state index is 11.6. The molecule has 1 rings (SSSR count). The molecule has 0 unspecified atom stereocenters. The van der Waals surface area contributed by atoms with Crippen molar-refractivity contribution in [3.8, 4) is 0 Å². The number of aromatic nitrogens is 2. The minimum atomic E-state index is -0.295. The Morgan fingerprint density at radius 2 is 2.06 bits per heavy atom. The number of H-pyrrole nitrogens is 1. The highest BCUT2D eigenvalue weighted by atomic mass is 16.2. The van der Waals surface area contributed by atoms with E-state index in [-0.39, 0.29) is 23.3 Å². The molecule has 2 amide bonds. The second-order valence-electron chi connectivity index (χ2n) is 3.85. The summed E-state index contributed by atoms with van der Waals surface area (Å²) < 4.78 is 0. The van der Waals surface area contributed by atoms with Crippen molar-refractivity contribution in [3.05, 3.63) is 22.1 Å². The van der Waals surface area contributed by atoms with Crippen LogP contribution in [0.4, 0.5) is 5.95 Å². The number of amides is 2. The number of aromatic amines is 1. The number of aryl methyl sites for hydroxylation is 1. The molecule has 0 bridgehead atoms. The standard InChI is InChI=1S/C11H16N4O3/c1-7(16)12-5-3-4-9-6-13-11(14-8(2)17)15-10(9)18/h6H,3-5H2,1-2H3,(H,12,16)(H2,13,14,15,17,18). The molecule has 0 saturated heterocycles. The van der Waals surface area contributed by atoms with Gasteiger partial charge in [0.05, 0.1) is 0 Å². The fourth-order valence-electron chi connectivity index (χ4n) is 1.37. The van der Waals surface area contributed by atoms with Crippen molar-refractivity contribution in [3.63, 3.8) is 0 Å². The lowest BCUT2D eigenvalue weighted by molar-refractivity contribution is -0.119. The van der Waals surface area contributed by atoms with E-state index in [9.17, 15) is 14.4 Å². The summed E-state index contributed by atoms with van der Waals surface area (Å²) in [5, 5.41) is 5.04. The van der Waals surface area contributed by atoms with Gasteiger partial charge in [-0.2, -0.15) is 0 Å². The van der Waals surface area contributed by atoms with Crippen LogP contribution in [0.1, 0.15) is 25.8 Å². The van der Waals surface area contributed by atoms with Crippen molar-refractivity contribution < 1.29 is 9.59 Å². The second kappa shape index (κ2) is 6.53. The van der Waals surface area contributed by atoms with Gasteiger partial charge in [0.15, 0.2) is 0 Å². The van der Waals surface area contributed by atoms with Crippen LogP contribution in [-0.4, -0.2) is 28.3 Å². The Morgan fingerprint density at radius 3 is 2.61 bits per heavy atom. The van der Waals surface area contributed by atoms with Gasteiger partial charge < -0.3 is 5.32 Å². The van der Waals surface area contributed by atoms with Gasteiger partial charge in [-0.15, -0.1) is 0 Å². The number of hydrogen-bond donors (Lipinski definition) is 3. The van der Waals surface area contributed by atoms with E-state index in [1.165, 1.54) is 20.0 Å². The van der Waals surface area contributed by atoms with Gasteiger partial charge in [-0.25, -0.2) is 4.98 Å². The Kier molecular flexibility index (Phi) is 5.04. The summed E-state index contributed by atoms with van der Waals surface area (Å²) in [4.78, 5) is 39.4. The number of carbonyl (C=O) groups is 2. The maximum atomic E-state index is 11.6. The zero-order chi connectivity index (χ0) is 13.5. The van der Waals surface area contributed by atoms with Gasteiger partial charge in [0.2, 0.25) is 17.8 Å². The zero-order valence-corrected chi connectivity index (χ0v) is 10.4. The first-order valence-corrected chi connectivity index (χ1v) is 5.59. The van der Waals surface area contributed by atoms with Crippen molar-refractivity contribution in [2.24, 2.45) is 0 Å². The van der Waals surface area contributed by atoms with Crippen molar-refractivity contribution in [1.82, 2.24) is 15.3 Å². The summed E-state index contributed by atoms with van der Waals surface area (Å²) in [5.74, 6) is -0.252. The molecule has 0 aliphatic rings. The Morgan fingerprint density at radius 1 is 1.33 bits per heavy atom. The summed E-state index contributed by atoms with van der Waals surface area (Å²) in [7, 11) is 0. The molecule has 1 heterocycles. The molecule has 0 spiro atoms. The van der Waals surface area contributed by atoms with Gasteiger partial charge >= 0.3 is 0 Å². The maximum Gasteiger partial charge on any atom is 0.255 e. The van der Waals surface area contributed by atoms with E-state index >= 15 is 0 Å². The quantitative estimate of drug-likeness (QED) is 0.631. The third-order valence-electron chi connectivity index (χ3n) is 2.16. The molecule has 0 aliphatic heterocycles. The summed E-state index contributed by atoms with van der Waals surface area (Å²) in [6, 6.07) is 0. The third kappa shape index (κ3) is 4.77. The van der Waals surface area contributed by atoms with E-state index < -0.39 is 0 Å². The van der Waals surface area contributed by atoms with E-state index in [4.69, 9.17) is 0 Å². The number of anilines is 1. The number of rotatable bonds is 5. The van der Waals surface area contributed by atoms with Crippen molar-refractivity contribution in [1.29, 1.82) is 0 Å². The Labute approximate surface area is 104 Å². The number of nitrogens with zero attached hydrogens (tertiary/aromatic N) is 1. The van der Waals surface area contributed by atoms with Gasteiger partial charge in [-0.05, 0) is 12.8 Å². The molecule has 0 atom stereocenters. The minimum Gasteiger partial charge on any atom is -0.356 e. The highest BCUT2D eigenvalue weighted by Crippen LogP contribution is 1.98. The van der Waals surface area contributed by atoms with Crippen LogP contribution in [0.2, 0.25) is 0 Å². The molecule has 0 fully saturated rings. The first kappa shape index (κ1) is 13.9. The van der Waals surface area contributed by atoms with Crippen LogP contribution in [0, 0.1) is 0 Å². The van der Waals surface area contributed by atoms with Gasteiger partial charge in [-0.1, -0.05) is 0 Å². The molecule has 0 aromatic carbocycles. The normalized spacial score (nSPS) is 9.89. The van der Waals surface area contributed by atoms with Crippen LogP contribution in [-0.2, 0) is 16.0 Å². The average Bonchev–Trinajstić information content (AvgIpc) is 2.25. The Hall–Kier alpha value is -2.18. The predicted molar refractivity (Wildman–Crippen MR) is 66.2 cm³/mol. The molecular formula is C11H16N4O3. The molecule has 7 nitrogen and oxygen atoms in total. The van der Waals surface area contributed by atoms with Crippen LogP contribution in [0.3, 0.4) is 0 Å². The molecular weight excluding hydrogens is 236 g/mol. The second-order valence-corrected chi connectivity index (χ2v) is 3.85. The highest BCUT2D eigenvalue weighted by Gasteiger charge is 2.03. The summed E-state index contributed by atoms with van der Waals surface area (Å²) in [5.41, 5.74) is 0.242. The monoisotopic (exact) mass is 252 g/mol. The number of hydrogen-bond acceptors (Lipinski definition) is 4. The van der Waals surface area contributed by atoms with Gasteiger partial charge in [0, 0.05) is 32.2 Å². The molecule has 0 aliphatic carbocycles. The van der Waals surface area contributed by atoms with Gasteiger partial charge in [0.1, 0.15) is 0 Å². The lowest BCUT2D eigenvalue weighted by Crippen LogP contribution is -2.23. The minimum absolute atomic E-state index is 0.0944. The first-order chi connectivity index (χ1) is 8.49. The molecule has 18 heavy (non-hydrogen) atoms. The molecule has 3 N–H and O–H groups in total. The van der Waals surface area contributed by atoms with Crippen LogP contribution in [0.15, 0.2) is 11.0 Å². The smallest absolute Gasteiger partial charge is 0.255 e. The SMILES string of the molecule is CC(=O)NCCCc1cnc(NC(C)=O)[nH]c1=O. The highest BCUT2D eigenvalue weighted by molar-refractivity contribution is 5.86. The van der Waals surface area contributed by atoms with Crippen LogP contribution in [0.25, 0.3) is 0 Å². The lowest BCUT2D eigenvalue weighted by atomic mass is 10.2. The number of nitrogens with one attached hydrogen (secondary N) is 3. The largest absolute Gasteiger partial charge is 0.356 e. The zero-order valence-electron chi connectivity index (χ0n) is 10.4.